The fourth-order valence-corrected chi connectivity index (χ4v) is 3.41. The number of benzene rings is 1. The number of amides is 1. The van der Waals surface area contributed by atoms with Crippen molar-refractivity contribution in [1.29, 1.82) is 0 Å². The summed E-state index contributed by atoms with van der Waals surface area (Å²) < 4.78 is 6.09. The van der Waals surface area contributed by atoms with Crippen LogP contribution in [0.3, 0.4) is 0 Å². The van der Waals surface area contributed by atoms with Crippen LogP contribution in [0.25, 0.3) is 10.9 Å². The van der Waals surface area contributed by atoms with Gasteiger partial charge in [0.1, 0.15) is 0 Å². The number of aromatic amines is 2. The average molecular weight is 361 g/mol. The van der Waals surface area contributed by atoms with Gasteiger partial charge in [-0.15, -0.1) is 0 Å². The number of fused-ring (bicyclic) bond motifs is 1. The van der Waals surface area contributed by atoms with Crippen LogP contribution in [-0.4, -0.2) is 46.6 Å². The maximum Gasteiger partial charge on any atom is 0.259 e. The molecule has 1 aromatic heterocycles. The van der Waals surface area contributed by atoms with E-state index < -0.39 is 0 Å². The van der Waals surface area contributed by atoms with Crippen LogP contribution in [0.2, 0.25) is 0 Å². The third-order valence-corrected chi connectivity index (χ3v) is 4.71. The van der Waals surface area contributed by atoms with E-state index in [1.54, 1.807) is 18.2 Å². The summed E-state index contributed by atoms with van der Waals surface area (Å²) in [5.74, 6) is -0.0161. The Balaban J connectivity index is 1.77. The molecule has 25 heavy (non-hydrogen) atoms. The topological polar surface area (TPSA) is 78.2 Å². The highest BCUT2D eigenvalue weighted by Gasteiger charge is 2.22. The monoisotopic (exact) mass is 361 g/mol. The number of hydrogen-bond acceptors (Lipinski definition) is 4. The van der Waals surface area contributed by atoms with Gasteiger partial charge in [-0.3, -0.25) is 14.6 Å². The fourth-order valence-electron chi connectivity index (χ4n) is 3.21. The number of H-pyrrole nitrogens is 2. The lowest BCUT2D eigenvalue weighted by Gasteiger charge is -2.21. The number of likely N-dealkylation sites (tertiary alicyclic amines) is 1. The highest BCUT2D eigenvalue weighted by atomic mass is 32.1. The first-order valence-corrected chi connectivity index (χ1v) is 9.16. The molecular formula is C18H23N3O3S. The molecule has 0 bridgehead atoms. The number of ether oxygens (including phenoxy) is 1. The zero-order chi connectivity index (χ0) is 17.8. The third-order valence-electron chi connectivity index (χ3n) is 4.51. The quantitative estimate of drug-likeness (QED) is 0.821. The van der Waals surface area contributed by atoms with E-state index in [4.69, 9.17) is 17.0 Å². The molecule has 1 fully saturated rings. The molecule has 6 nitrogen and oxygen atoms in total. The molecule has 134 valence electrons. The highest BCUT2D eigenvalue weighted by Crippen LogP contribution is 2.18. The van der Waals surface area contributed by atoms with Crippen molar-refractivity contribution < 1.29 is 9.53 Å². The molecule has 1 aliphatic heterocycles. The molecule has 2 heterocycles. The van der Waals surface area contributed by atoms with Gasteiger partial charge in [-0.2, -0.15) is 0 Å². The number of aromatic nitrogens is 2. The minimum atomic E-state index is -0.247. The molecule has 0 aliphatic carbocycles. The van der Waals surface area contributed by atoms with Crippen molar-refractivity contribution in [3.8, 4) is 0 Å². The first kappa shape index (κ1) is 17.8. The Morgan fingerprint density at radius 2 is 2.16 bits per heavy atom. The van der Waals surface area contributed by atoms with Gasteiger partial charge < -0.3 is 14.6 Å². The fraction of sp³-hybridized carbons (Fsp3) is 0.500. The van der Waals surface area contributed by atoms with E-state index in [-0.39, 0.29) is 22.3 Å². The Morgan fingerprint density at radius 1 is 1.32 bits per heavy atom. The number of carbonyl (C=O) groups is 1. The molecule has 1 aromatic carbocycles. The van der Waals surface area contributed by atoms with Gasteiger partial charge in [-0.25, -0.2) is 0 Å². The second kappa shape index (κ2) is 7.93. The smallest absolute Gasteiger partial charge is 0.259 e. The van der Waals surface area contributed by atoms with Gasteiger partial charge in [0.2, 0.25) is 0 Å². The van der Waals surface area contributed by atoms with Crippen LogP contribution in [0.15, 0.2) is 23.0 Å². The lowest BCUT2D eigenvalue weighted by atomic mass is 10.1. The average Bonchev–Trinajstić information content (AvgIpc) is 2.84. The van der Waals surface area contributed by atoms with Crippen molar-refractivity contribution in [3.05, 3.63) is 38.9 Å². The van der Waals surface area contributed by atoms with Gasteiger partial charge >= 0.3 is 0 Å². The number of nitrogens with zero attached hydrogens (tertiary/aromatic N) is 1. The molecule has 0 unspecified atom stereocenters. The van der Waals surface area contributed by atoms with E-state index in [2.05, 4.69) is 16.9 Å². The summed E-state index contributed by atoms with van der Waals surface area (Å²) in [7, 11) is 0. The third kappa shape index (κ3) is 4.16. The van der Waals surface area contributed by atoms with E-state index in [9.17, 15) is 9.59 Å². The summed E-state index contributed by atoms with van der Waals surface area (Å²) in [5.41, 5.74) is 0.902. The zero-order valence-electron chi connectivity index (χ0n) is 14.3. The first-order valence-electron chi connectivity index (χ1n) is 8.75. The summed E-state index contributed by atoms with van der Waals surface area (Å²) in [6.07, 6.45) is 4.04. The maximum absolute atomic E-state index is 12.8. The van der Waals surface area contributed by atoms with Crippen molar-refractivity contribution in [2.45, 2.75) is 38.7 Å². The second-order valence-corrected chi connectivity index (χ2v) is 6.79. The van der Waals surface area contributed by atoms with Crippen molar-refractivity contribution >= 4 is 29.0 Å². The summed E-state index contributed by atoms with van der Waals surface area (Å²) in [6, 6.07) is 5.07. The van der Waals surface area contributed by atoms with Crippen molar-refractivity contribution in [2.75, 3.05) is 19.7 Å². The zero-order valence-corrected chi connectivity index (χ0v) is 15.2. The van der Waals surface area contributed by atoms with Gasteiger partial charge in [0.25, 0.3) is 11.5 Å². The van der Waals surface area contributed by atoms with E-state index in [0.717, 1.165) is 38.8 Å². The van der Waals surface area contributed by atoms with Crippen molar-refractivity contribution in [1.82, 2.24) is 14.9 Å². The van der Waals surface area contributed by atoms with E-state index in [1.807, 2.05) is 4.90 Å². The van der Waals surface area contributed by atoms with Gasteiger partial charge in [0, 0.05) is 25.3 Å². The molecule has 1 atom stereocenters. The van der Waals surface area contributed by atoms with E-state index in [0.29, 0.717) is 23.0 Å². The molecule has 2 N–H and O–H groups in total. The molecule has 1 saturated heterocycles. The van der Waals surface area contributed by atoms with E-state index >= 15 is 0 Å². The molecule has 1 amide bonds. The van der Waals surface area contributed by atoms with Crippen LogP contribution in [0, 0.1) is 4.77 Å². The van der Waals surface area contributed by atoms with Crippen molar-refractivity contribution in [3.63, 3.8) is 0 Å². The Bertz CT molecular complexity index is 874. The van der Waals surface area contributed by atoms with Crippen LogP contribution in [-0.2, 0) is 4.74 Å². The molecule has 2 aromatic rings. The van der Waals surface area contributed by atoms with Crippen LogP contribution in [0.1, 0.15) is 43.0 Å². The summed E-state index contributed by atoms with van der Waals surface area (Å²) in [4.78, 5) is 32.1. The standard InChI is InChI=1S/C18H23N3O3S/c1-2-10-24-13-4-3-8-21(9-7-13)17(23)12-5-6-14-15(11-12)19-18(25)20-16(14)22/h5-6,11,13H,2-4,7-10H2,1H3,(H2,19,20,22,25)/t13-/m1/s1. The Hall–Kier alpha value is -1.99. The SMILES string of the molecule is CCCO[C@@H]1CCCN(C(=O)c2ccc3c(=O)[nH]c(=S)[nH]c3c2)CC1. The molecule has 7 heteroatoms. The van der Waals surface area contributed by atoms with Crippen LogP contribution in [0.4, 0.5) is 0 Å². The minimum absolute atomic E-state index is 0.0161. The Kier molecular flexibility index (Phi) is 5.65. The normalized spacial score (nSPS) is 18.3. The van der Waals surface area contributed by atoms with Gasteiger partial charge in [0.05, 0.1) is 17.0 Å². The maximum atomic E-state index is 12.8. The van der Waals surface area contributed by atoms with E-state index in [1.165, 1.54) is 0 Å². The molecular weight excluding hydrogens is 338 g/mol. The largest absolute Gasteiger partial charge is 0.378 e. The predicted octanol–water partition coefficient (Wildman–Crippen LogP) is 3.01. The van der Waals surface area contributed by atoms with Crippen LogP contribution < -0.4 is 5.56 Å². The highest BCUT2D eigenvalue weighted by molar-refractivity contribution is 7.71. The molecule has 3 rings (SSSR count). The summed E-state index contributed by atoms with van der Waals surface area (Å²) in [6.45, 7) is 4.30. The first-order chi connectivity index (χ1) is 12.1. The molecule has 0 radical (unpaired) electrons. The lowest BCUT2D eigenvalue weighted by molar-refractivity contribution is 0.0432. The van der Waals surface area contributed by atoms with Crippen LogP contribution >= 0.6 is 12.2 Å². The van der Waals surface area contributed by atoms with Gasteiger partial charge in [0.15, 0.2) is 4.77 Å². The second-order valence-electron chi connectivity index (χ2n) is 6.38. The number of rotatable bonds is 4. The Morgan fingerprint density at radius 3 is 2.96 bits per heavy atom. The van der Waals surface area contributed by atoms with Gasteiger partial charge in [-0.1, -0.05) is 6.92 Å². The minimum Gasteiger partial charge on any atom is -0.378 e. The molecule has 0 saturated carbocycles. The Labute approximate surface area is 151 Å². The summed E-state index contributed by atoms with van der Waals surface area (Å²) in [5, 5.41) is 0.494. The van der Waals surface area contributed by atoms with Crippen LogP contribution in [0.5, 0.6) is 0 Å². The number of hydrogen-bond donors (Lipinski definition) is 2. The molecule has 0 spiro atoms. The number of carbonyl (C=O) groups excluding carboxylic acids is 1. The lowest BCUT2D eigenvalue weighted by Crippen LogP contribution is -2.32. The number of nitrogens with one attached hydrogen (secondary N) is 2. The van der Waals surface area contributed by atoms with Crippen molar-refractivity contribution in [2.24, 2.45) is 0 Å². The predicted molar refractivity (Wildman–Crippen MR) is 99.5 cm³/mol. The summed E-state index contributed by atoms with van der Waals surface area (Å²) >= 11 is 5.01. The molecule has 1 aliphatic rings. The van der Waals surface area contributed by atoms with Gasteiger partial charge in [-0.05, 0) is 56.1 Å².